The molecule has 0 amide bonds. The standard InChI is InChI=1S/C20H21N5OS/c1-14(17-9-10-26-24-17)25(2)13-19-22-18-8-4-3-7-16(18)20(23-19)21-12-15-6-5-11-27-15/h3-11,14H,12-13H2,1-2H3,(H,21,22,23). The average molecular weight is 379 g/mol. The lowest BCUT2D eigenvalue weighted by Gasteiger charge is -2.22. The van der Waals surface area contributed by atoms with E-state index in [-0.39, 0.29) is 6.04 Å². The summed E-state index contributed by atoms with van der Waals surface area (Å²) < 4.78 is 4.96. The van der Waals surface area contributed by atoms with E-state index < -0.39 is 0 Å². The Kier molecular flexibility index (Phi) is 5.13. The molecule has 3 aromatic heterocycles. The molecule has 0 aliphatic rings. The zero-order valence-corrected chi connectivity index (χ0v) is 16.1. The van der Waals surface area contributed by atoms with Gasteiger partial charge in [0.15, 0.2) is 0 Å². The van der Waals surface area contributed by atoms with Crippen molar-refractivity contribution in [1.29, 1.82) is 0 Å². The summed E-state index contributed by atoms with van der Waals surface area (Å²) in [5, 5.41) is 10.6. The zero-order chi connectivity index (χ0) is 18.6. The number of anilines is 1. The first-order valence-corrected chi connectivity index (χ1v) is 9.71. The number of hydrogen-bond acceptors (Lipinski definition) is 7. The van der Waals surface area contributed by atoms with Crippen LogP contribution in [-0.4, -0.2) is 27.1 Å². The van der Waals surface area contributed by atoms with Gasteiger partial charge in [-0.15, -0.1) is 11.3 Å². The fourth-order valence-electron chi connectivity index (χ4n) is 2.94. The predicted molar refractivity (Wildman–Crippen MR) is 108 cm³/mol. The summed E-state index contributed by atoms with van der Waals surface area (Å²) in [5.74, 6) is 1.65. The van der Waals surface area contributed by atoms with Crippen LogP contribution in [0, 0.1) is 0 Å². The van der Waals surface area contributed by atoms with E-state index >= 15 is 0 Å². The van der Waals surface area contributed by atoms with Crippen LogP contribution in [-0.2, 0) is 13.1 Å². The largest absolute Gasteiger partial charge is 0.365 e. The van der Waals surface area contributed by atoms with Gasteiger partial charge in [0.25, 0.3) is 0 Å². The van der Waals surface area contributed by atoms with Gasteiger partial charge in [-0.1, -0.05) is 23.4 Å². The maximum Gasteiger partial charge on any atom is 0.145 e. The zero-order valence-electron chi connectivity index (χ0n) is 15.3. The molecule has 4 aromatic rings. The Bertz CT molecular complexity index is 1000. The number of fused-ring (bicyclic) bond motifs is 1. The van der Waals surface area contributed by atoms with Crippen molar-refractivity contribution in [1.82, 2.24) is 20.0 Å². The Morgan fingerprint density at radius 2 is 2.04 bits per heavy atom. The van der Waals surface area contributed by atoms with Gasteiger partial charge in [0.1, 0.15) is 23.6 Å². The lowest BCUT2D eigenvalue weighted by molar-refractivity contribution is 0.235. The molecule has 27 heavy (non-hydrogen) atoms. The molecule has 138 valence electrons. The molecule has 0 bridgehead atoms. The highest BCUT2D eigenvalue weighted by Gasteiger charge is 2.17. The van der Waals surface area contributed by atoms with Gasteiger partial charge in [0.05, 0.1) is 24.6 Å². The summed E-state index contributed by atoms with van der Waals surface area (Å²) in [4.78, 5) is 13.0. The number of nitrogens with zero attached hydrogens (tertiary/aromatic N) is 4. The molecule has 0 spiro atoms. The first-order chi connectivity index (χ1) is 13.2. The van der Waals surface area contributed by atoms with E-state index in [1.807, 2.05) is 31.3 Å². The van der Waals surface area contributed by atoms with Gasteiger partial charge >= 0.3 is 0 Å². The monoisotopic (exact) mass is 379 g/mol. The van der Waals surface area contributed by atoms with Gasteiger partial charge in [-0.2, -0.15) is 0 Å². The third-order valence-corrected chi connectivity index (χ3v) is 5.47. The fourth-order valence-corrected chi connectivity index (χ4v) is 3.58. The van der Waals surface area contributed by atoms with Gasteiger partial charge < -0.3 is 9.84 Å². The lowest BCUT2D eigenvalue weighted by Crippen LogP contribution is -2.23. The van der Waals surface area contributed by atoms with Crippen LogP contribution >= 0.6 is 11.3 Å². The molecule has 0 aliphatic carbocycles. The molecule has 0 aliphatic heterocycles. The second-order valence-electron chi connectivity index (χ2n) is 6.45. The minimum atomic E-state index is 0.112. The SMILES string of the molecule is CC(c1ccon1)N(C)Cc1nc(NCc2cccs2)c2ccccc2n1. The second-order valence-corrected chi connectivity index (χ2v) is 7.49. The van der Waals surface area contributed by atoms with Crippen LogP contribution in [0.3, 0.4) is 0 Å². The van der Waals surface area contributed by atoms with E-state index in [2.05, 4.69) is 45.9 Å². The van der Waals surface area contributed by atoms with Crippen molar-refractivity contribution in [3.63, 3.8) is 0 Å². The van der Waals surface area contributed by atoms with Gasteiger partial charge in [-0.05, 0) is 37.6 Å². The number of benzene rings is 1. The van der Waals surface area contributed by atoms with Gasteiger partial charge in [-0.25, -0.2) is 9.97 Å². The van der Waals surface area contributed by atoms with E-state index in [0.717, 1.165) is 34.8 Å². The minimum Gasteiger partial charge on any atom is -0.365 e. The highest BCUT2D eigenvalue weighted by molar-refractivity contribution is 7.09. The number of para-hydroxylation sites is 1. The predicted octanol–water partition coefficient (Wildman–Crippen LogP) is 4.48. The maximum absolute atomic E-state index is 4.96. The first kappa shape index (κ1) is 17.6. The van der Waals surface area contributed by atoms with E-state index in [1.165, 1.54) is 4.88 Å². The van der Waals surface area contributed by atoms with Crippen LogP contribution in [0.2, 0.25) is 0 Å². The van der Waals surface area contributed by atoms with Gasteiger partial charge in [0, 0.05) is 16.3 Å². The molecule has 1 atom stereocenters. The molecular formula is C20H21N5OS. The van der Waals surface area contributed by atoms with Gasteiger partial charge in [0.2, 0.25) is 0 Å². The molecule has 1 aromatic carbocycles. The van der Waals surface area contributed by atoms with Crippen molar-refractivity contribution in [2.75, 3.05) is 12.4 Å². The van der Waals surface area contributed by atoms with E-state index in [0.29, 0.717) is 6.54 Å². The van der Waals surface area contributed by atoms with Crippen molar-refractivity contribution >= 4 is 28.1 Å². The highest BCUT2D eigenvalue weighted by atomic mass is 32.1. The minimum absolute atomic E-state index is 0.112. The van der Waals surface area contributed by atoms with Crippen LogP contribution in [0.5, 0.6) is 0 Å². The molecule has 7 heteroatoms. The van der Waals surface area contributed by atoms with E-state index in [4.69, 9.17) is 14.5 Å². The third kappa shape index (κ3) is 3.99. The Balaban J connectivity index is 1.58. The second kappa shape index (κ2) is 7.85. The molecule has 3 heterocycles. The number of nitrogens with one attached hydrogen (secondary N) is 1. The first-order valence-electron chi connectivity index (χ1n) is 8.83. The summed E-state index contributed by atoms with van der Waals surface area (Å²) in [7, 11) is 2.04. The molecular weight excluding hydrogens is 358 g/mol. The fraction of sp³-hybridized carbons (Fsp3) is 0.250. The summed E-state index contributed by atoms with van der Waals surface area (Å²) in [6.45, 7) is 3.46. The van der Waals surface area contributed by atoms with Crippen LogP contribution < -0.4 is 5.32 Å². The molecule has 1 unspecified atom stereocenters. The normalized spacial score (nSPS) is 12.6. The Morgan fingerprint density at radius 3 is 2.81 bits per heavy atom. The van der Waals surface area contributed by atoms with E-state index in [1.54, 1.807) is 17.6 Å². The molecule has 0 saturated heterocycles. The van der Waals surface area contributed by atoms with Crippen molar-refractivity contribution in [3.8, 4) is 0 Å². The number of thiophene rings is 1. The van der Waals surface area contributed by atoms with Crippen molar-refractivity contribution in [2.45, 2.75) is 26.1 Å². The summed E-state index contributed by atoms with van der Waals surface area (Å²) in [6.07, 6.45) is 1.60. The molecule has 6 nitrogen and oxygen atoms in total. The topological polar surface area (TPSA) is 67.1 Å². The quantitative estimate of drug-likeness (QED) is 0.510. The summed E-state index contributed by atoms with van der Waals surface area (Å²) >= 11 is 1.73. The van der Waals surface area contributed by atoms with Crippen molar-refractivity contribution < 1.29 is 4.52 Å². The Hall–Kier alpha value is -2.77. The van der Waals surface area contributed by atoms with Crippen molar-refractivity contribution in [3.05, 3.63) is 70.5 Å². The average Bonchev–Trinajstić information content (AvgIpc) is 3.39. The van der Waals surface area contributed by atoms with Crippen LogP contribution in [0.4, 0.5) is 5.82 Å². The smallest absolute Gasteiger partial charge is 0.145 e. The number of rotatable bonds is 7. The molecule has 0 saturated carbocycles. The number of hydrogen-bond donors (Lipinski definition) is 1. The van der Waals surface area contributed by atoms with Crippen LogP contribution in [0.1, 0.15) is 29.4 Å². The third-order valence-electron chi connectivity index (χ3n) is 4.60. The van der Waals surface area contributed by atoms with E-state index in [9.17, 15) is 0 Å². The molecule has 0 fully saturated rings. The summed E-state index contributed by atoms with van der Waals surface area (Å²) in [6, 6.07) is 14.3. The molecule has 0 radical (unpaired) electrons. The van der Waals surface area contributed by atoms with Crippen LogP contribution in [0.15, 0.2) is 58.6 Å². The van der Waals surface area contributed by atoms with Crippen LogP contribution in [0.25, 0.3) is 10.9 Å². The Morgan fingerprint density at radius 1 is 1.15 bits per heavy atom. The van der Waals surface area contributed by atoms with Gasteiger partial charge in [-0.3, -0.25) is 4.90 Å². The lowest BCUT2D eigenvalue weighted by atomic mass is 10.2. The highest BCUT2D eigenvalue weighted by Crippen LogP contribution is 2.23. The molecule has 1 N–H and O–H groups in total. The summed E-state index contributed by atoms with van der Waals surface area (Å²) in [5.41, 5.74) is 1.84. The maximum atomic E-state index is 4.96. The molecule has 4 rings (SSSR count). The number of aromatic nitrogens is 3. The van der Waals surface area contributed by atoms with Crippen molar-refractivity contribution in [2.24, 2.45) is 0 Å². The Labute approximate surface area is 161 Å².